The molecule has 0 saturated carbocycles. The second kappa shape index (κ2) is 4.77. The Labute approximate surface area is 105 Å². The Bertz CT molecular complexity index is 534. The molecule has 1 atom stereocenters. The van der Waals surface area contributed by atoms with Crippen molar-refractivity contribution in [3.8, 4) is 0 Å². The van der Waals surface area contributed by atoms with Crippen LogP contribution < -0.4 is 5.73 Å². The summed E-state index contributed by atoms with van der Waals surface area (Å²) in [5.74, 6) is -0.988. The minimum absolute atomic E-state index is 0. The average Bonchev–Trinajstić information content (AvgIpc) is 2.61. The van der Waals surface area contributed by atoms with Gasteiger partial charge in [0.15, 0.2) is 0 Å². The van der Waals surface area contributed by atoms with Gasteiger partial charge in [0.05, 0.1) is 0 Å². The van der Waals surface area contributed by atoms with E-state index in [1.54, 1.807) is 0 Å². The molecule has 1 heterocycles. The van der Waals surface area contributed by atoms with Gasteiger partial charge < -0.3 is 15.8 Å². The number of aromatic nitrogens is 1. The quantitative estimate of drug-likeness (QED) is 0.783. The van der Waals surface area contributed by atoms with Gasteiger partial charge in [0, 0.05) is 23.5 Å². The molecular formula is C12H15ClN2O2. The Morgan fingerprint density at radius 2 is 2.12 bits per heavy atom. The molecule has 0 radical (unpaired) electrons. The van der Waals surface area contributed by atoms with Crippen LogP contribution in [0.5, 0.6) is 0 Å². The Hall–Kier alpha value is -1.52. The highest BCUT2D eigenvalue weighted by atomic mass is 35.5. The van der Waals surface area contributed by atoms with E-state index in [0.29, 0.717) is 6.42 Å². The summed E-state index contributed by atoms with van der Waals surface area (Å²) in [6.45, 7) is 1.52. The lowest BCUT2D eigenvalue weighted by atomic mass is 9.94. The second-order valence-corrected chi connectivity index (χ2v) is 4.26. The first-order valence-electron chi connectivity index (χ1n) is 5.08. The van der Waals surface area contributed by atoms with Crippen LogP contribution in [-0.4, -0.2) is 21.6 Å². The zero-order valence-electron chi connectivity index (χ0n) is 9.43. The number of carboxylic acids is 1. The number of aliphatic carboxylic acids is 1. The van der Waals surface area contributed by atoms with Crippen LogP contribution in [0.25, 0.3) is 10.9 Å². The summed E-state index contributed by atoms with van der Waals surface area (Å²) in [7, 11) is 0. The third kappa shape index (κ3) is 2.60. The minimum atomic E-state index is -1.23. The number of hydrogen-bond donors (Lipinski definition) is 3. The standard InChI is InChI=1S/C12H14N2O2.ClH/c1-12(13,11(15)16)6-8-7-14-10-5-3-2-4-9(8)10;/h2-5,7,14H,6,13H2,1H3,(H,15,16);1H. The predicted molar refractivity (Wildman–Crippen MR) is 69.5 cm³/mol. The van der Waals surface area contributed by atoms with Gasteiger partial charge in [0.1, 0.15) is 5.54 Å². The van der Waals surface area contributed by atoms with Gasteiger partial charge in [-0.1, -0.05) is 18.2 Å². The van der Waals surface area contributed by atoms with Crippen molar-refractivity contribution in [3.05, 3.63) is 36.0 Å². The smallest absolute Gasteiger partial charge is 0.323 e. The summed E-state index contributed by atoms with van der Waals surface area (Å²) < 4.78 is 0. The number of nitrogens with one attached hydrogen (secondary N) is 1. The Morgan fingerprint density at radius 1 is 1.47 bits per heavy atom. The number of para-hydroxylation sites is 1. The van der Waals surface area contributed by atoms with E-state index in [1.165, 1.54) is 6.92 Å². The van der Waals surface area contributed by atoms with Crippen LogP contribution in [0.3, 0.4) is 0 Å². The fraction of sp³-hybridized carbons (Fsp3) is 0.250. The molecule has 0 aliphatic heterocycles. The molecular weight excluding hydrogens is 240 g/mol. The SMILES string of the molecule is CC(N)(Cc1c[nH]c2ccccc12)C(=O)O.Cl. The molecule has 0 saturated heterocycles. The Kier molecular flexibility index (Phi) is 3.80. The van der Waals surface area contributed by atoms with Crippen molar-refractivity contribution in [1.82, 2.24) is 4.98 Å². The lowest BCUT2D eigenvalue weighted by Crippen LogP contribution is -2.46. The van der Waals surface area contributed by atoms with Crippen LogP contribution in [0.2, 0.25) is 0 Å². The van der Waals surface area contributed by atoms with Crippen LogP contribution in [0.15, 0.2) is 30.5 Å². The van der Waals surface area contributed by atoms with Gasteiger partial charge in [-0.05, 0) is 18.6 Å². The van der Waals surface area contributed by atoms with Crippen LogP contribution in [-0.2, 0) is 11.2 Å². The fourth-order valence-corrected chi connectivity index (χ4v) is 1.75. The molecule has 2 aromatic rings. The number of H-pyrrole nitrogens is 1. The molecule has 1 aromatic heterocycles. The highest BCUT2D eigenvalue weighted by Crippen LogP contribution is 2.21. The van der Waals surface area contributed by atoms with Gasteiger partial charge in [-0.2, -0.15) is 0 Å². The normalized spacial score (nSPS) is 14.0. The van der Waals surface area contributed by atoms with Gasteiger partial charge in [-0.25, -0.2) is 0 Å². The number of hydrogen-bond acceptors (Lipinski definition) is 2. The van der Waals surface area contributed by atoms with Crippen molar-refractivity contribution in [1.29, 1.82) is 0 Å². The van der Waals surface area contributed by atoms with Crippen LogP contribution >= 0.6 is 12.4 Å². The number of carbonyl (C=O) groups is 1. The highest BCUT2D eigenvalue weighted by Gasteiger charge is 2.28. The molecule has 4 N–H and O–H groups in total. The molecule has 2 rings (SSSR count). The predicted octanol–water partition coefficient (Wildman–Crippen LogP) is 1.93. The lowest BCUT2D eigenvalue weighted by Gasteiger charge is -2.18. The summed E-state index contributed by atoms with van der Waals surface area (Å²) >= 11 is 0. The molecule has 1 aromatic carbocycles. The third-order valence-electron chi connectivity index (χ3n) is 2.72. The molecule has 92 valence electrons. The average molecular weight is 255 g/mol. The molecule has 1 unspecified atom stereocenters. The van der Waals surface area contributed by atoms with Crippen LogP contribution in [0.4, 0.5) is 0 Å². The number of carboxylic acid groups (broad SMARTS) is 1. The van der Waals surface area contributed by atoms with E-state index in [2.05, 4.69) is 4.98 Å². The monoisotopic (exact) mass is 254 g/mol. The number of fused-ring (bicyclic) bond motifs is 1. The first kappa shape index (κ1) is 13.5. The van der Waals surface area contributed by atoms with Crippen LogP contribution in [0.1, 0.15) is 12.5 Å². The van der Waals surface area contributed by atoms with Crippen molar-refractivity contribution < 1.29 is 9.90 Å². The topological polar surface area (TPSA) is 79.1 Å². The zero-order chi connectivity index (χ0) is 11.8. The maximum absolute atomic E-state index is 10.9. The van der Waals surface area contributed by atoms with Gasteiger partial charge in [-0.15, -0.1) is 12.4 Å². The molecule has 0 aliphatic rings. The first-order chi connectivity index (χ1) is 7.50. The molecule has 0 spiro atoms. The number of benzene rings is 1. The zero-order valence-corrected chi connectivity index (χ0v) is 10.3. The van der Waals surface area contributed by atoms with Gasteiger partial charge in [-0.3, -0.25) is 4.79 Å². The first-order valence-corrected chi connectivity index (χ1v) is 5.08. The van der Waals surface area contributed by atoms with Gasteiger partial charge in [0.2, 0.25) is 0 Å². The molecule has 4 nitrogen and oxygen atoms in total. The molecule has 5 heteroatoms. The fourth-order valence-electron chi connectivity index (χ4n) is 1.75. The molecule has 0 amide bonds. The lowest BCUT2D eigenvalue weighted by molar-refractivity contribution is -0.142. The summed E-state index contributed by atoms with van der Waals surface area (Å²) in [5, 5.41) is 10.0. The minimum Gasteiger partial charge on any atom is -0.480 e. The molecule has 0 fully saturated rings. The van der Waals surface area contributed by atoms with E-state index in [-0.39, 0.29) is 12.4 Å². The van der Waals surface area contributed by atoms with Gasteiger partial charge in [0.25, 0.3) is 0 Å². The Morgan fingerprint density at radius 3 is 2.76 bits per heavy atom. The third-order valence-corrected chi connectivity index (χ3v) is 2.72. The summed E-state index contributed by atoms with van der Waals surface area (Å²) in [4.78, 5) is 14.0. The summed E-state index contributed by atoms with van der Waals surface area (Å²) in [6, 6.07) is 7.77. The van der Waals surface area contributed by atoms with E-state index in [4.69, 9.17) is 10.8 Å². The van der Waals surface area contributed by atoms with E-state index < -0.39 is 11.5 Å². The largest absolute Gasteiger partial charge is 0.480 e. The van der Waals surface area contributed by atoms with Crippen molar-refractivity contribution in [2.24, 2.45) is 5.73 Å². The van der Waals surface area contributed by atoms with E-state index in [9.17, 15) is 4.79 Å². The highest BCUT2D eigenvalue weighted by molar-refractivity contribution is 5.85. The maximum Gasteiger partial charge on any atom is 0.323 e. The van der Waals surface area contributed by atoms with Crippen LogP contribution in [0, 0.1) is 0 Å². The summed E-state index contributed by atoms with van der Waals surface area (Å²) in [6.07, 6.45) is 2.13. The number of halogens is 1. The van der Waals surface area contributed by atoms with E-state index >= 15 is 0 Å². The van der Waals surface area contributed by atoms with E-state index in [0.717, 1.165) is 16.5 Å². The van der Waals surface area contributed by atoms with Crippen molar-refractivity contribution in [2.45, 2.75) is 18.9 Å². The number of aromatic amines is 1. The Balaban J connectivity index is 0.00000144. The summed E-state index contributed by atoms with van der Waals surface area (Å²) in [5.41, 5.74) is 6.43. The number of rotatable bonds is 3. The van der Waals surface area contributed by atoms with Crippen molar-refractivity contribution in [3.63, 3.8) is 0 Å². The maximum atomic E-state index is 10.9. The second-order valence-electron chi connectivity index (χ2n) is 4.26. The van der Waals surface area contributed by atoms with Gasteiger partial charge >= 0.3 is 5.97 Å². The van der Waals surface area contributed by atoms with Crippen molar-refractivity contribution in [2.75, 3.05) is 0 Å². The van der Waals surface area contributed by atoms with E-state index in [1.807, 2.05) is 30.5 Å². The van der Waals surface area contributed by atoms with Crippen molar-refractivity contribution >= 4 is 29.3 Å². The molecule has 0 aliphatic carbocycles. The molecule has 17 heavy (non-hydrogen) atoms. The number of nitrogens with two attached hydrogens (primary N) is 1. The molecule has 0 bridgehead atoms.